The first-order chi connectivity index (χ1) is 36.8. The number of ether oxygens (including phenoxy) is 2. The Morgan fingerprint density at radius 1 is 0.870 bits per heavy atom. The molecule has 19 nitrogen and oxygen atoms in total. The second-order valence-electron chi connectivity index (χ2n) is 21.6. The van der Waals surface area contributed by atoms with Crippen LogP contribution >= 0.6 is 0 Å². The Hall–Kier alpha value is -6.00. The fraction of sp³-hybridized carbons (Fsp3) is 0.655. The molecule has 6 amide bonds. The highest BCUT2D eigenvalue weighted by Gasteiger charge is 2.45. The van der Waals surface area contributed by atoms with E-state index in [0.717, 1.165) is 24.1 Å². The molecule has 2 saturated heterocycles. The van der Waals surface area contributed by atoms with Crippen molar-refractivity contribution in [3.63, 3.8) is 0 Å². The van der Waals surface area contributed by atoms with E-state index in [1.165, 1.54) is 12.4 Å². The fourth-order valence-corrected chi connectivity index (χ4v) is 11.4. The van der Waals surface area contributed by atoms with Gasteiger partial charge in [0.05, 0.1) is 61.6 Å². The predicted octanol–water partition coefficient (Wildman–Crippen LogP) is 5.25. The number of amides is 6. The van der Waals surface area contributed by atoms with Crippen molar-refractivity contribution in [1.29, 1.82) is 0 Å². The zero-order chi connectivity index (χ0) is 55.4. The molecule has 422 valence electrons. The summed E-state index contributed by atoms with van der Waals surface area (Å²) in [5, 5.41) is 12.7. The summed E-state index contributed by atoms with van der Waals surface area (Å²) in [7, 11) is 3.77. The molecule has 77 heavy (non-hydrogen) atoms. The van der Waals surface area contributed by atoms with Crippen molar-refractivity contribution >= 4 is 52.2 Å². The SMILES string of the molecule is CC(C)N(CCOCCOCCC(=O)NC1CCC(C(=O)N[C@@H]2C[C@H](N(C)C(C)C)CC[C@@H]2N2CC[C@H](Nc3ncnc4ccc(C(F)(F)F)cc34)C2=O)CC1)C(=O)CCCNC(=O)[C@H]1CC(=O)N(C)[C@@H]1c1cccnc1. The average Bonchev–Trinajstić information content (AvgIpc) is 3.93. The standard InChI is InChI=1S/C55H78F3N11O8/c1-34(2)66(5)40-16-18-46(69-23-19-44(54(69)75)64-51-41-29-38(55(56,57)58)13-17-43(41)61-33-62-51)45(30-40)65-52(73)36-11-14-39(15-12-36)63-47(70)20-25-76-27-28-77-26-24-68(35(3)4)48(71)10-8-22-60-53(74)42-31-49(72)67(6)50(42)37-9-7-21-59-32-37/h7,9,13,17,21,29,32-36,39-40,42,44-46,50H,8,10-12,14-16,18-20,22-28,30-31H2,1-6H3,(H,60,74)(H,63,70)(H,65,73)(H,61,62,64)/t36?,39?,40-,42+,44+,45-,46+,50-/m1/s1. The van der Waals surface area contributed by atoms with E-state index in [1.807, 2.05) is 24.8 Å². The van der Waals surface area contributed by atoms with Gasteiger partial charge in [0.2, 0.25) is 35.4 Å². The molecule has 0 bridgehead atoms. The lowest BCUT2D eigenvalue weighted by Crippen LogP contribution is -2.59. The van der Waals surface area contributed by atoms with Crippen LogP contribution in [-0.4, -0.2) is 172 Å². The molecular weight excluding hydrogens is 1000 g/mol. The number of pyridine rings is 1. The van der Waals surface area contributed by atoms with Gasteiger partial charge in [-0.1, -0.05) is 6.07 Å². The van der Waals surface area contributed by atoms with Crippen molar-refractivity contribution in [1.82, 2.24) is 50.5 Å². The lowest BCUT2D eigenvalue weighted by Gasteiger charge is -2.45. The maximum atomic E-state index is 14.1. The number of nitrogens with zero attached hydrogens (tertiary/aromatic N) is 7. The van der Waals surface area contributed by atoms with Crippen LogP contribution in [0.2, 0.25) is 0 Å². The maximum absolute atomic E-state index is 14.1. The third-order valence-corrected chi connectivity index (χ3v) is 16.0. The Morgan fingerprint density at radius 3 is 2.32 bits per heavy atom. The molecule has 0 unspecified atom stereocenters. The number of fused-ring (bicyclic) bond motifs is 1. The lowest BCUT2D eigenvalue weighted by atomic mass is 9.82. The molecule has 3 aromatic rings. The molecule has 2 aliphatic heterocycles. The van der Waals surface area contributed by atoms with Gasteiger partial charge in [0, 0.05) is 93.8 Å². The van der Waals surface area contributed by atoms with Crippen molar-refractivity contribution in [3.8, 4) is 0 Å². The highest BCUT2D eigenvalue weighted by Crippen LogP contribution is 2.38. The van der Waals surface area contributed by atoms with E-state index in [9.17, 15) is 41.9 Å². The summed E-state index contributed by atoms with van der Waals surface area (Å²) in [6, 6.07) is 5.60. The highest BCUT2D eigenvalue weighted by molar-refractivity contribution is 5.94. The van der Waals surface area contributed by atoms with Gasteiger partial charge >= 0.3 is 6.18 Å². The van der Waals surface area contributed by atoms with Crippen molar-refractivity contribution in [2.75, 3.05) is 65.5 Å². The molecule has 7 rings (SSSR count). The summed E-state index contributed by atoms with van der Waals surface area (Å²) in [4.78, 5) is 99.7. The van der Waals surface area contributed by atoms with E-state index in [2.05, 4.69) is 62.0 Å². The summed E-state index contributed by atoms with van der Waals surface area (Å²) in [6.07, 6.45) is 6.11. The maximum Gasteiger partial charge on any atom is 0.416 e. The van der Waals surface area contributed by atoms with Gasteiger partial charge in [0.15, 0.2) is 0 Å². The first-order valence-electron chi connectivity index (χ1n) is 27.4. The molecule has 4 N–H and O–H groups in total. The second-order valence-corrected chi connectivity index (χ2v) is 21.6. The van der Waals surface area contributed by atoms with Crippen LogP contribution in [0.5, 0.6) is 0 Å². The first kappa shape index (κ1) is 58.7. The number of rotatable bonds is 24. The third-order valence-electron chi connectivity index (χ3n) is 16.0. The molecule has 0 spiro atoms. The zero-order valence-corrected chi connectivity index (χ0v) is 45.4. The Labute approximate surface area is 449 Å². The van der Waals surface area contributed by atoms with Crippen LogP contribution in [0.1, 0.15) is 122 Å². The van der Waals surface area contributed by atoms with Crippen molar-refractivity contribution in [2.24, 2.45) is 11.8 Å². The monoisotopic (exact) mass is 1080 g/mol. The van der Waals surface area contributed by atoms with Crippen LogP contribution in [0.15, 0.2) is 49.1 Å². The zero-order valence-electron chi connectivity index (χ0n) is 45.4. The first-order valence-corrected chi connectivity index (χ1v) is 27.4. The number of likely N-dealkylation sites (tertiary alicyclic amines) is 2. The van der Waals surface area contributed by atoms with Gasteiger partial charge in [0.25, 0.3) is 0 Å². The van der Waals surface area contributed by atoms with E-state index >= 15 is 0 Å². The minimum absolute atomic E-state index is 0.0470. The van der Waals surface area contributed by atoms with Crippen LogP contribution < -0.4 is 21.3 Å². The smallest absolute Gasteiger partial charge is 0.379 e. The Morgan fingerprint density at radius 2 is 1.62 bits per heavy atom. The van der Waals surface area contributed by atoms with E-state index in [0.29, 0.717) is 89.7 Å². The van der Waals surface area contributed by atoms with E-state index in [4.69, 9.17) is 9.47 Å². The second kappa shape index (κ2) is 27.0. The van der Waals surface area contributed by atoms with Gasteiger partial charge in [-0.2, -0.15) is 13.2 Å². The normalized spacial score (nSPS) is 24.0. The number of anilines is 1. The van der Waals surface area contributed by atoms with Crippen LogP contribution in [0.25, 0.3) is 10.9 Å². The largest absolute Gasteiger partial charge is 0.416 e. The van der Waals surface area contributed by atoms with Crippen LogP contribution in [0.3, 0.4) is 0 Å². The predicted molar refractivity (Wildman–Crippen MR) is 282 cm³/mol. The molecule has 2 aliphatic carbocycles. The topological polar surface area (TPSA) is 221 Å². The van der Waals surface area contributed by atoms with Crippen LogP contribution in [-0.2, 0) is 44.4 Å². The summed E-state index contributed by atoms with van der Waals surface area (Å²) in [5.41, 5.74) is 0.301. The van der Waals surface area contributed by atoms with E-state index in [-0.39, 0.29) is 121 Å². The van der Waals surface area contributed by atoms with Gasteiger partial charge < -0.3 is 50.3 Å². The Balaban J connectivity index is 0.779. The molecule has 4 fully saturated rings. The van der Waals surface area contributed by atoms with Gasteiger partial charge in [-0.05, 0) is 122 Å². The highest BCUT2D eigenvalue weighted by atomic mass is 19.4. The van der Waals surface area contributed by atoms with Gasteiger partial charge in [-0.3, -0.25) is 33.8 Å². The number of carbonyl (C=O) groups is 6. The molecule has 4 heterocycles. The van der Waals surface area contributed by atoms with Crippen LogP contribution in [0, 0.1) is 11.8 Å². The summed E-state index contributed by atoms with van der Waals surface area (Å²) < 4.78 is 52.3. The quantitative estimate of drug-likeness (QED) is 0.0844. The summed E-state index contributed by atoms with van der Waals surface area (Å²) in [6.45, 7) is 10.3. The Bertz CT molecular complexity index is 2500. The van der Waals surface area contributed by atoms with Gasteiger partial charge in [-0.15, -0.1) is 0 Å². The molecule has 2 saturated carbocycles. The Kier molecular flexibility index (Phi) is 20.6. The molecule has 22 heteroatoms. The molecular formula is C55H78F3N11O8. The average molecular weight is 1080 g/mol. The number of alkyl halides is 3. The molecule has 6 atom stereocenters. The third kappa shape index (κ3) is 15.4. The number of hydrogen-bond acceptors (Lipinski definition) is 13. The number of aromatic nitrogens is 3. The number of benzene rings is 1. The summed E-state index contributed by atoms with van der Waals surface area (Å²) >= 11 is 0. The molecule has 2 aromatic heterocycles. The lowest BCUT2D eigenvalue weighted by molar-refractivity contribution is -0.137. The van der Waals surface area contributed by atoms with E-state index in [1.54, 1.807) is 35.3 Å². The minimum Gasteiger partial charge on any atom is -0.379 e. The van der Waals surface area contributed by atoms with E-state index < -0.39 is 29.7 Å². The number of halogens is 3. The van der Waals surface area contributed by atoms with Crippen molar-refractivity contribution in [2.45, 2.75) is 159 Å². The van der Waals surface area contributed by atoms with Crippen molar-refractivity contribution < 1.29 is 51.4 Å². The molecule has 1 aromatic carbocycles. The summed E-state index contributed by atoms with van der Waals surface area (Å²) in [5.74, 6) is -1.37. The molecule has 0 radical (unpaired) electrons. The minimum atomic E-state index is -4.55. The van der Waals surface area contributed by atoms with Crippen LogP contribution in [0.4, 0.5) is 19.0 Å². The number of nitrogens with one attached hydrogen (secondary N) is 4. The number of hydrogen-bond donors (Lipinski definition) is 4. The molecule has 4 aliphatic rings. The van der Waals surface area contributed by atoms with Gasteiger partial charge in [-0.25, -0.2) is 9.97 Å². The van der Waals surface area contributed by atoms with Gasteiger partial charge in [0.1, 0.15) is 18.2 Å². The van der Waals surface area contributed by atoms with Crippen molar-refractivity contribution in [3.05, 3.63) is 60.2 Å². The number of carbonyl (C=O) groups excluding carboxylic acids is 6. The fourth-order valence-electron chi connectivity index (χ4n) is 11.4.